The van der Waals surface area contributed by atoms with Crippen LogP contribution in [0.4, 0.5) is 0 Å². The van der Waals surface area contributed by atoms with Crippen molar-refractivity contribution in [3.63, 3.8) is 0 Å². The molecule has 0 radical (unpaired) electrons. The van der Waals surface area contributed by atoms with Gasteiger partial charge in [-0.05, 0) is 47.5 Å². The van der Waals surface area contributed by atoms with Crippen LogP contribution >= 0.6 is 11.3 Å². The van der Waals surface area contributed by atoms with Crippen molar-refractivity contribution in [3.8, 4) is 0 Å². The van der Waals surface area contributed by atoms with E-state index in [0.717, 1.165) is 28.0 Å². The van der Waals surface area contributed by atoms with Gasteiger partial charge in [0.2, 0.25) is 0 Å². The molecule has 30 heavy (non-hydrogen) atoms. The summed E-state index contributed by atoms with van der Waals surface area (Å²) < 4.78 is 0. The van der Waals surface area contributed by atoms with Gasteiger partial charge >= 0.3 is 0 Å². The van der Waals surface area contributed by atoms with Gasteiger partial charge in [-0.1, -0.05) is 37.3 Å². The molecule has 3 aromatic rings. The summed E-state index contributed by atoms with van der Waals surface area (Å²) in [6.07, 6.45) is 4.23. The van der Waals surface area contributed by atoms with E-state index in [2.05, 4.69) is 11.9 Å². The van der Waals surface area contributed by atoms with E-state index in [9.17, 15) is 14.7 Å². The van der Waals surface area contributed by atoms with Gasteiger partial charge in [0.1, 0.15) is 11.8 Å². The minimum atomic E-state index is -0.659. The number of hydrogen-bond donors (Lipinski definition) is 1. The molecule has 1 fully saturated rings. The zero-order valence-corrected chi connectivity index (χ0v) is 17.6. The van der Waals surface area contributed by atoms with Crippen molar-refractivity contribution in [2.75, 3.05) is 0 Å². The zero-order chi connectivity index (χ0) is 21.3. The van der Waals surface area contributed by atoms with Gasteiger partial charge < -0.3 is 10.0 Å². The summed E-state index contributed by atoms with van der Waals surface area (Å²) in [5.41, 5.74) is 3.61. The van der Waals surface area contributed by atoms with Gasteiger partial charge in [-0.15, -0.1) is 11.3 Å². The second kappa shape index (κ2) is 8.24. The lowest BCUT2D eigenvalue weighted by Crippen LogP contribution is -2.29. The molecule has 0 aliphatic carbocycles. The first kappa shape index (κ1) is 20.0. The number of rotatable bonds is 5. The van der Waals surface area contributed by atoms with Gasteiger partial charge in [0.15, 0.2) is 0 Å². The number of carbonyl (C=O) groups excluding carboxylic acids is 2. The molecule has 1 aromatic carbocycles. The lowest BCUT2D eigenvalue weighted by molar-refractivity contribution is -0.140. The number of benzene rings is 1. The maximum atomic E-state index is 13.0. The molecule has 4 rings (SSSR count). The third-order valence-electron chi connectivity index (χ3n) is 5.40. The van der Waals surface area contributed by atoms with Gasteiger partial charge in [-0.2, -0.15) is 0 Å². The molecule has 152 valence electrons. The maximum Gasteiger partial charge on any atom is 0.295 e. The number of aliphatic hydroxyl groups excluding tert-OH is 1. The van der Waals surface area contributed by atoms with Crippen LogP contribution in [-0.2, 0) is 22.6 Å². The highest BCUT2D eigenvalue weighted by Gasteiger charge is 2.47. The number of amides is 1. The Hall–Kier alpha value is -3.25. The summed E-state index contributed by atoms with van der Waals surface area (Å²) in [6, 6.07) is 12.4. The molecule has 1 amide bonds. The normalized spacial score (nSPS) is 18.2. The number of nitrogens with zero attached hydrogens (tertiary/aromatic N) is 2. The number of hydrogen-bond acceptors (Lipinski definition) is 5. The van der Waals surface area contributed by atoms with Gasteiger partial charge in [-0.25, -0.2) is 0 Å². The van der Waals surface area contributed by atoms with E-state index in [-0.39, 0.29) is 17.9 Å². The van der Waals surface area contributed by atoms with E-state index in [1.807, 2.05) is 36.6 Å². The molecule has 1 N–H and O–H groups in total. The molecule has 1 atom stereocenters. The van der Waals surface area contributed by atoms with E-state index in [4.69, 9.17) is 0 Å². The number of ketones is 1. The van der Waals surface area contributed by atoms with E-state index < -0.39 is 17.7 Å². The van der Waals surface area contributed by atoms with E-state index >= 15 is 0 Å². The minimum absolute atomic E-state index is 0.137. The molecule has 1 aliphatic heterocycles. The first-order valence-electron chi connectivity index (χ1n) is 9.82. The highest BCUT2D eigenvalue weighted by Crippen LogP contribution is 2.43. The molecular weight excluding hydrogens is 396 g/mol. The summed E-state index contributed by atoms with van der Waals surface area (Å²) in [7, 11) is 0. The molecule has 1 unspecified atom stereocenters. The first-order chi connectivity index (χ1) is 14.5. The first-order valence-corrected chi connectivity index (χ1v) is 10.7. The van der Waals surface area contributed by atoms with Crippen LogP contribution in [0.5, 0.6) is 0 Å². The number of aryl methyl sites for hydroxylation is 2. The predicted octanol–water partition coefficient (Wildman–Crippen LogP) is 4.64. The van der Waals surface area contributed by atoms with Gasteiger partial charge in [0.05, 0.1) is 5.57 Å². The Labute approximate surface area is 179 Å². The van der Waals surface area contributed by atoms with Crippen molar-refractivity contribution >= 4 is 28.8 Å². The van der Waals surface area contributed by atoms with E-state index in [1.165, 1.54) is 16.2 Å². The third kappa shape index (κ3) is 3.55. The smallest absolute Gasteiger partial charge is 0.295 e. The molecule has 2 aromatic heterocycles. The summed E-state index contributed by atoms with van der Waals surface area (Å²) in [4.78, 5) is 32.6. The number of carbonyl (C=O) groups is 2. The van der Waals surface area contributed by atoms with Crippen molar-refractivity contribution < 1.29 is 14.7 Å². The standard InChI is InChI=1S/C24H22N2O3S/c1-3-16-6-8-18(9-7-16)21(27)19-20(23-15(2)10-12-30-23)26(24(29)22(19)28)14-17-5-4-11-25-13-17/h4-13,20,27H,3,14H2,1-2H3/b21-19-. The van der Waals surface area contributed by atoms with Crippen LogP contribution in [0.1, 0.15) is 40.1 Å². The Kier molecular flexibility index (Phi) is 5.50. The molecule has 6 heteroatoms. The molecule has 3 heterocycles. The van der Waals surface area contributed by atoms with Crippen molar-refractivity contribution in [2.45, 2.75) is 32.9 Å². The van der Waals surface area contributed by atoms with Crippen molar-refractivity contribution in [1.29, 1.82) is 0 Å². The lowest BCUT2D eigenvalue weighted by atomic mass is 9.97. The second-order valence-electron chi connectivity index (χ2n) is 7.31. The highest BCUT2D eigenvalue weighted by molar-refractivity contribution is 7.10. The minimum Gasteiger partial charge on any atom is -0.507 e. The molecule has 0 spiro atoms. The molecule has 1 aliphatic rings. The summed E-state index contributed by atoms with van der Waals surface area (Å²) in [5.74, 6) is -1.40. The summed E-state index contributed by atoms with van der Waals surface area (Å²) in [5, 5.41) is 13.0. The van der Waals surface area contributed by atoms with Crippen molar-refractivity contribution in [3.05, 3.63) is 92.9 Å². The van der Waals surface area contributed by atoms with Crippen molar-refractivity contribution in [2.24, 2.45) is 0 Å². The van der Waals surface area contributed by atoms with Crippen LogP contribution in [0.3, 0.4) is 0 Å². The van der Waals surface area contributed by atoms with Crippen molar-refractivity contribution in [1.82, 2.24) is 9.88 Å². The van der Waals surface area contributed by atoms with Gasteiger partial charge in [-0.3, -0.25) is 14.6 Å². The van der Waals surface area contributed by atoms with Gasteiger partial charge in [0.25, 0.3) is 11.7 Å². The predicted molar refractivity (Wildman–Crippen MR) is 117 cm³/mol. The molecular formula is C24H22N2O3S. The van der Waals surface area contributed by atoms with E-state index in [0.29, 0.717) is 5.56 Å². The zero-order valence-electron chi connectivity index (χ0n) is 16.8. The molecule has 5 nitrogen and oxygen atoms in total. The van der Waals surface area contributed by atoms with Crippen LogP contribution < -0.4 is 0 Å². The summed E-state index contributed by atoms with van der Waals surface area (Å²) >= 11 is 1.48. The quantitative estimate of drug-likeness (QED) is 0.372. The fourth-order valence-corrected chi connectivity index (χ4v) is 4.77. The van der Waals surface area contributed by atoms with E-state index in [1.54, 1.807) is 30.6 Å². The Balaban J connectivity index is 1.84. The third-order valence-corrected chi connectivity index (χ3v) is 6.47. The SMILES string of the molecule is CCc1ccc(/C(O)=C2/C(=O)C(=O)N(Cc3cccnc3)C2c2sccc2C)cc1. The topological polar surface area (TPSA) is 70.5 Å². The number of likely N-dealkylation sites (tertiary alicyclic amines) is 1. The van der Waals surface area contributed by atoms with Gasteiger partial charge in [0, 0.05) is 29.4 Å². The van der Waals surface area contributed by atoms with Crippen LogP contribution in [0, 0.1) is 6.92 Å². The highest BCUT2D eigenvalue weighted by atomic mass is 32.1. The second-order valence-corrected chi connectivity index (χ2v) is 8.25. The fraction of sp³-hybridized carbons (Fsp3) is 0.208. The largest absolute Gasteiger partial charge is 0.507 e. The monoisotopic (exact) mass is 418 g/mol. The average Bonchev–Trinajstić information content (AvgIpc) is 3.30. The van der Waals surface area contributed by atoms with Crippen LogP contribution in [-0.4, -0.2) is 26.7 Å². The number of Topliss-reactive ketones (excluding diaryl/α,β-unsaturated/α-hetero) is 1. The molecule has 0 saturated carbocycles. The van der Waals surface area contributed by atoms with Crippen LogP contribution in [0.25, 0.3) is 5.76 Å². The number of aromatic nitrogens is 1. The fourth-order valence-electron chi connectivity index (χ4n) is 3.72. The molecule has 0 bridgehead atoms. The average molecular weight is 419 g/mol. The number of pyridine rings is 1. The number of thiophene rings is 1. The maximum absolute atomic E-state index is 13.0. The Morgan fingerprint density at radius 1 is 1.13 bits per heavy atom. The van der Waals surface area contributed by atoms with Crippen LogP contribution in [0.2, 0.25) is 0 Å². The Morgan fingerprint density at radius 3 is 2.50 bits per heavy atom. The number of aliphatic hydroxyl groups is 1. The lowest BCUT2D eigenvalue weighted by Gasteiger charge is -2.25. The molecule has 1 saturated heterocycles. The Morgan fingerprint density at radius 2 is 1.90 bits per heavy atom. The Bertz CT molecular complexity index is 1120. The summed E-state index contributed by atoms with van der Waals surface area (Å²) in [6.45, 7) is 4.25. The van der Waals surface area contributed by atoms with Crippen LogP contribution in [0.15, 0.2) is 65.8 Å².